The van der Waals surface area contributed by atoms with E-state index >= 15 is 0 Å². The van der Waals surface area contributed by atoms with E-state index in [1.54, 1.807) is 0 Å². The van der Waals surface area contributed by atoms with E-state index in [0.717, 1.165) is 6.54 Å². The first-order valence-corrected chi connectivity index (χ1v) is 8.14. The minimum Gasteiger partial charge on any atom is -0.330 e. The molecule has 0 aliphatic carbocycles. The molecule has 0 aromatic heterocycles. The minimum absolute atomic E-state index is 0.403. The molecule has 0 saturated heterocycles. The summed E-state index contributed by atoms with van der Waals surface area (Å²) in [4.78, 5) is 0. The van der Waals surface area contributed by atoms with Crippen LogP contribution >= 0.6 is 0 Å². The Kier molecular flexibility index (Phi) is 21.7. The maximum absolute atomic E-state index is 5.48. The molecule has 1 unspecified atom stereocenters. The lowest BCUT2D eigenvalue weighted by Gasteiger charge is -1.99. The number of unbranched alkanes of at least 4 members (excludes halogenated alkanes) is 8. The Hall–Kier alpha value is -0.0800. The van der Waals surface area contributed by atoms with Gasteiger partial charge in [0.25, 0.3) is 0 Å². The van der Waals surface area contributed by atoms with Crippen molar-refractivity contribution in [3.05, 3.63) is 0 Å². The Labute approximate surface area is 116 Å². The predicted molar refractivity (Wildman–Crippen MR) is 84.8 cm³/mol. The topological polar surface area (TPSA) is 52.0 Å². The minimum atomic E-state index is 0.403. The monoisotopic (exact) mass is 258 g/mol. The number of hydrogen-bond donors (Lipinski definition) is 2. The van der Waals surface area contributed by atoms with E-state index in [9.17, 15) is 0 Å². The molecule has 1 atom stereocenters. The Morgan fingerprint density at radius 2 is 1.17 bits per heavy atom. The summed E-state index contributed by atoms with van der Waals surface area (Å²) in [6, 6.07) is 0.403. The lowest BCUT2D eigenvalue weighted by atomic mass is 10.1. The zero-order chi connectivity index (χ0) is 14.1. The van der Waals surface area contributed by atoms with Crippen LogP contribution in [-0.4, -0.2) is 12.6 Å². The highest BCUT2D eigenvalue weighted by molar-refractivity contribution is 4.50. The molecule has 0 radical (unpaired) electrons. The van der Waals surface area contributed by atoms with Crippen LogP contribution in [0.1, 0.15) is 91.4 Å². The zero-order valence-corrected chi connectivity index (χ0v) is 13.2. The van der Waals surface area contributed by atoms with Crippen molar-refractivity contribution in [1.29, 1.82) is 0 Å². The van der Waals surface area contributed by atoms with Crippen molar-refractivity contribution in [1.82, 2.24) is 0 Å². The van der Waals surface area contributed by atoms with Gasteiger partial charge in [-0.3, -0.25) is 0 Å². The molecule has 0 aliphatic rings. The molecule has 0 aromatic carbocycles. The van der Waals surface area contributed by atoms with Crippen LogP contribution in [0.2, 0.25) is 0 Å². The second kappa shape index (κ2) is 19.3. The second-order valence-corrected chi connectivity index (χ2v) is 5.38. The van der Waals surface area contributed by atoms with Crippen LogP contribution in [0.5, 0.6) is 0 Å². The lowest BCUT2D eigenvalue weighted by Crippen LogP contribution is -2.13. The molecule has 0 amide bonds. The lowest BCUT2D eigenvalue weighted by molar-refractivity contribution is 0.578. The quantitative estimate of drug-likeness (QED) is 0.532. The summed E-state index contributed by atoms with van der Waals surface area (Å²) in [5.41, 5.74) is 10.9. The third kappa shape index (κ3) is 24.9. The van der Waals surface area contributed by atoms with E-state index in [2.05, 4.69) is 20.8 Å². The summed E-state index contributed by atoms with van der Waals surface area (Å²) in [5.74, 6) is 0. The summed E-state index contributed by atoms with van der Waals surface area (Å²) in [6.45, 7) is 7.36. The molecule has 112 valence electrons. The van der Waals surface area contributed by atoms with Gasteiger partial charge in [-0.15, -0.1) is 0 Å². The Balaban J connectivity index is 0. The third-order valence-electron chi connectivity index (χ3n) is 3.07. The van der Waals surface area contributed by atoms with Gasteiger partial charge in [-0.05, 0) is 26.3 Å². The molecule has 0 saturated carbocycles. The molecular weight excluding hydrogens is 220 g/mol. The second-order valence-electron chi connectivity index (χ2n) is 5.38. The fourth-order valence-electron chi connectivity index (χ4n) is 1.80. The molecule has 18 heavy (non-hydrogen) atoms. The molecule has 0 spiro atoms. The van der Waals surface area contributed by atoms with Crippen LogP contribution in [0.3, 0.4) is 0 Å². The fraction of sp³-hybridized carbons (Fsp3) is 1.00. The number of rotatable bonds is 11. The highest BCUT2D eigenvalue weighted by atomic mass is 14.6. The van der Waals surface area contributed by atoms with Crippen molar-refractivity contribution in [2.75, 3.05) is 6.54 Å². The van der Waals surface area contributed by atoms with E-state index in [-0.39, 0.29) is 0 Å². The van der Waals surface area contributed by atoms with Gasteiger partial charge < -0.3 is 11.5 Å². The largest absolute Gasteiger partial charge is 0.330 e. The summed E-state index contributed by atoms with van der Waals surface area (Å²) in [6.07, 6.45) is 14.7. The standard InChI is InChI=1S/C10H23N.C6H15N/c1-2-3-4-5-6-7-8-9-10-11;1-3-4-5-6(2)7/h2-11H2,1H3;6H,3-5,7H2,1-2H3. The predicted octanol–water partition coefficient (Wildman–Crippen LogP) is 4.61. The molecule has 0 bridgehead atoms. The van der Waals surface area contributed by atoms with Crippen molar-refractivity contribution in [3.8, 4) is 0 Å². The van der Waals surface area contributed by atoms with Gasteiger partial charge in [0.15, 0.2) is 0 Å². The van der Waals surface area contributed by atoms with Crippen LogP contribution < -0.4 is 11.5 Å². The van der Waals surface area contributed by atoms with Gasteiger partial charge >= 0.3 is 0 Å². The molecule has 0 heterocycles. The van der Waals surface area contributed by atoms with Gasteiger partial charge in [0.05, 0.1) is 0 Å². The summed E-state index contributed by atoms with van der Waals surface area (Å²) in [7, 11) is 0. The van der Waals surface area contributed by atoms with Crippen LogP contribution in [-0.2, 0) is 0 Å². The third-order valence-corrected chi connectivity index (χ3v) is 3.07. The number of hydrogen-bond acceptors (Lipinski definition) is 2. The van der Waals surface area contributed by atoms with Crippen LogP contribution in [0.15, 0.2) is 0 Å². The number of nitrogens with two attached hydrogens (primary N) is 2. The summed E-state index contributed by atoms with van der Waals surface area (Å²) >= 11 is 0. The SMILES string of the molecule is CCCCC(C)N.CCCCCCCCCCN. The first-order chi connectivity index (χ1) is 8.68. The van der Waals surface area contributed by atoms with E-state index in [4.69, 9.17) is 11.5 Å². The van der Waals surface area contributed by atoms with Crippen molar-refractivity contribution >= 4 is 0 Å². The highest BCUT2D eigenvalue weighted by Gasteiger charge is 1.89. The smallest absolute Gasteiger partial charge is 0.00104 e. The van der Waals surface area contributed by atoms with Gasteiger partial charge in [0.2, 0.25) is 0 Å². The Morgan fingerprint density at radius 1 is 0.722 bits per heavy atom. The van der Waals surface area contributed by atoms with Gasteiger partial charge in [-0.1, -0.05) is 71.6 Å². The van der Waals surface area contributed by atoms with Crippen LogP contribution in [0.4, 0.5) is 0 Å². The fourth-order valence-corrected chi connectivity index (χ4v) is 1.80. The van der Waals surface area contributed by atoms with Crippen molar-refractivity contribution in [2.24, 2.45) is 11.5 Å². The maximum Gasteiger partial charge on any atom is 0.00104 e. The Morgan fingerprint density at radius 3 is 1.50 bits per heavy atom. The van der Waals surface area contributed by atoms with Crippen molar-refractivity contribution in [2.45, 2.75) is 97.4 Å². The molecule has 0 fully saturated rings. The van der Waals surface area contributed by atoms with E-state index in [0.29, 0.717) is 6.04 Å². The van der Waals surface area contributed by atoms with Crippen molar-refractivity contribution < 1.29 is 0 Å². The first-order valence-electron chi connectivity index (χ1n) is 8.14. The first kappa shape index (κ1) is 20.2. The molecule has 2 nitrogen and oxygen atoms in total. The van der Waals surface area contributed by atoms with Gasteiger partial charge in [-0.25, -0.2) is 0 Å². The van der Waals surface area contributed by atoms with E-state index in [1.807, 2.05) is 0 Å². The van der Waals surface area contributed by atoms with Crippen molar-refractivity contribution in [3.63, 3.8) is 0 Å². The zero-order valence-electron chi connectivity index (χ0n) is 13.2. The maximum atomic E-state index is 5.48. The van der Waals surface area contributed by atoms with Crippen LogP contribution in [0.25, 0.3) is 0 Å². The average molecular weight is 258 g/mol. The van der Waals surface area contributed by atoms with E-state index in [1.165, 1.54) is 70.6 Å². The summed E-state index contributed by atoms with van der Waals surface area (Å²) < 4.78 is 0. The molecule has 2 heteroatoms. The molecule has 4 N–H and O–H groups in total. The van der Waals surface area contributed by atoms with Gasteiger partial charge in [0, 0.05) is 6.04 Å². The summed E-state index contributed by atoms with van der Waals surface area (Å²) in [5, 5.41) is 0. The molecule has 0 aromatic rings. The molecule has 0 aliphatic heterocycles. The van der Waals surface area contributed by atoms with Gasteiger partial charge in [0.1, 0.15) is 0 Å². The molecular formula is C16H38N2. The van der Waals surface area contributed by atoms with Crippen LogP contribution in [0, 0.1) is 0 Å². The average Bonchev–Trinajstić information content (AvgIpc) is 2.36. The molecule has 0 rings (SSSR count). The van der Waals surface area contributed by atoms with Gasteiger partial charge in [-0.2, -0.15) is 0 Å². The highest BCUT2D eigenvalue weighted by Crippen LogP contribution is 2.07. The van der Waals surface area contributed by atoms with E-state index < -0.39 is 0 Å². The Bertz CT molecular complexity index is 116. The normalized spacial score (nSPS) is 11.8.